The lowest BCUT2D eigenvalue weighted by molar-refractivity contribution is 0.282. The summed E-state index contributed by atoms with van der Waals surface area (Å²) >= 11 is 0. The molecule has 1 saturated carbocycles. The van der Waals surface area contributed by atoms with Crippen LogP contribution in [0.5, 0.6) is 0 Å². The maximum atomic E-state index is 9.23. The Kier molecular flexibility index (Phi) is 3.08. The third-order valence-electron chi connectivity index (χ3n) is 4.07. The highest BCUT2D eigenvalue weighted by Gasteiger charge is 2.17. The third kappa shape index (κ3) is 2.03. The maximum Gasteiger partial charge on any atom is 0.0711 e. The number of nitrogens with zero attached hydrogens (tertiary/aromatic N) is 2. The zero-order valence-electron chi connectivity index (χ0n) is 10.9. The number of aliphatic hydroxyl groups excluding tert-OH is 1. The van der Waals surface area contributed by atoms with Gasteiger partial charge >= 0.3 is 0 Å². The smallest absolute Gasteiger partial charge is 0.0711 e. The average molecular weight is 244 g/mol. The molecule has 1 heterocycles. The fraction of sp³-hybridized carbons (Fsp3) is 0.533. The molecule has 0 unspecified atom stereocenters. The van der Waals surface area contributed by atoms with Crippen LogP contribution in [0.15, 0.2) is 18.3 Å². The minimum Gasteiger partial charge on any atom is -0.392 e. The number of benzene rings is 1. The highest BCUT2D eigenvalue weighted by molar-refractivity contribution is 5.82. The van der Waals surface area contributed by atoms with E-state index >= 15 is 0 Å². The first-order valence-electron chi connectivity index (χ1n) is 6.84. The normalized spacial score (nSPS) is 16.8. The van der Waals surface area contributed by atoms with E-state index in [2.05, 4.69) is 22.8 Å². The summed E-state index contributed by atoms with van der Waals surface area (Å²) in [7, 11) is 0. The first kappa shape index (κ1) is 11.7. The molecule has 1 aliphatic carbocycles. The van der Waals surface area contributed by atoms with Crippen LogP contribution in [0.3, 0.4) is 0 Å². The monoisotopic (exact) mass is 244 g/mol. The van der Waals surface area contributed by atoms with E-state index in [0.29, 0.717) is 0 Å². The molecular weight excluding hydrogens is 224 g/mol. The fourth-order valence-electron chi connectivity index (χ4n) is 3.19. The number of rotatable bonds is 3. The van der Waals surface area contributed by atoms with E-state index in [1.807, 2.05) is 12.3 Å². The van der Waals surface area contributed by atoms with Gasteiger partial charge in [-0.25, -0.2) is 0 Å². The Morgan fingerprint density at radius 2 is 2.11 bits per heavy atom. The molecule has 0 spiro atoms. The Bertz CT molecular complexity index is 553. The number of hydrogen-bond acceptors (Lipinski definition) is 2. The van der Waals surface area contributed by atoms with Crippen molar-refractivity contribution in [2.45, 2.75) is 45.8 Å². The van der Waals surface area contributed by atoms with Crippen molar-refractivity contribution in [2.75, 3.05) is 0 Å². The molecule has 0 atom stereocenters. The fourth-order valence-corrected chi connectivity index (χ4v) is 3.19. The van der Waals surface area contributed by atoms with Gasteiger partial charge in [0.15, 0.2) is 0 Å². The molecule has 1 fully saturated rings. The van der Waals surface area contributed by atoms with Crippen LogP contribution < -0.4 is 0 Å². The predicted octanol–water partition coefficient (Wildman–Crippen LogP) is 3.03. The van der Waals surface area contributed by atoms with Crippen LogP contribution in [-0.2, 0) is 13.2 Å². The quantitative estimate of drug-likeness (QED) is 0.901. The lowest BCUT2D eigenvalue weighted by Crippen LogP contribution is -2.09. The molecule has 0 radical (unpaired) electrons. The summed E-state index contributed by atoms with van der Waals surface area (Å²) in [4.78, 5) is 0. The highest BCUT2D eigenvalue weighted by Crippen LogP contribution is 2.28. The van der Waals surface area contributed by atoms with Gasteiger partial charge in [0.2, 0.25) is 0 Å². The molecule has 0 saturated heterocycles. The first-order valence-corrected chi connectivity index (χ1v) is 6.84. The zero-order chi connectivity index (χ0) is 12.5. The molecule has 1 N–H and O–H groups in total. The van der Waals surface area contributed by atoms with Gasteiger partial charge in [-0.3, -0.25) is 4.68 Å². The second-order valence-corrected chi connectivity index (χ2v) is 5.49. The van der Waals surface area contributed by atoms with Crippen molar-refractivity contribution in [2.24, 2.45) is 5.92 Å². The van der Waals surface area contributed by atoms with Gasteiger partial charge in [-0.1, -0.05) is 18.9 Å². The number of hydrogen-bond donors (Lipinski definition) is 1. The Labute approximate surface area is 107 Å². The molecule has 0 amide bonds. The SMILES string of the molecule is Cc1cc(CO)cc2cnn(CC3CCCC3)c12. The van der Waals surface area contributed by atoms with Crippen molar-refractivity contribution in [3.05, 3.63) is 29.5 Å². The molecule has 18 heavy (non-hydrogen) atoms. The van der Waals surface area contributed by atoms with Gasteiger partial charge in [-0.05, 0) is 42.9 Å². The van der Waals surface area contributed by atoms with Gasteiger partial charge in [-0.15, -0.1) is 0 Å². The molecule has 3 heteroatoms. The molecular formula is C15H20N2O. The van der Waals surface area contributed by atoms with Gasteiger partial charge in [-0.2, -0.15) is 5.10 Å². The molecule has 3 nitrogen and oxygen atoms in total. The van der Waals surface area contributed by atoms with Crippen LogP contribution in [0.1, 0.15) is 36.8 Å². The van der Waals surface area contributed by atoms with E-state index in [1.54, 1.807) is 0 Å². The zero-order valence-corrected chi connectivity index (χ0v) is 10.9. The van der Waals surface area contributed by atoms with Crippen molar-refractivity contribution in [3.63, 3.8) is 0 Å². The summed E-state index contributed by atoms with van der Waals surface area (Å²) in [5.41, 5.74) is 3.42. The Morgan fingerprint density at radius 1 is 1.33 bits per heavy atom. The predicted molar refractivity (Wildman–Crippen MR) is 72.4 cm³/mol. The Morgan fingerprint density at radius 3 is 2.83 bits per heavy atom. The van der Waals surface area contributed by atoms with Gasteiger partial charge in [0, 0.05) is 11.9 Å². The molecule has 1 aliphatic rings. The van der Waals surface area contributed by atoms with Gasteiger partial charge in [0.25, 0.3) is 0 Å². The van der Waals surface area contributed by atoms with Crippen molar-refractivity contribution >= 4 is 10.9 Å². The van der Waals surface area contributed by atoms with Crippen LogP contribution in [0.4, 0.5) is 0 Å². The van der Waals surface area contributed by atoms with E-state index in [-0.39, 0.29) is 6.61 Å². The van der Waals surface area contributed by atoms with Gasteiger partial charge in [0.05, 0.1) is 18.3 Å². The van der Waals surface area contributed by atoms with Crippen LogP contribution in [-0.4, -0.2) is 14.9 Å². The van der Waals surface area contributed by atoms with Gasteiger partial charge in [0.1, 0.15) is 0 Å². The minimum absolute atomic E-state index is 0.102. The Balaban J connectivity index is 1.97. The third-order valence-corrected chi connectivity index (χ3v) is 4.07. The second kappa shape index (κ2) is 4.73. The van der Waals surface area contributed by atoms with Crippen molar-refractivity contribution in [1.29, 1.82) is 0 Å². The highest BCUT2D eigenvalue weighted by atomic mass is 16.3. The maximum absolute atomic E-state index is 9.23. The molecule has 0 aliphatic heterocycles. The summed E-state index contributed by atoms with van der Waals surface area (Å²) < 4.78 is 2.15. The minimum atomic E-state index is 0.102. The first-order chi connectivity index (χ1) is 8.78. The van der Waals surface area contributed by atoms with Crippen molar-refractivity contribution in [1.82, 2.24) is 9.78 Å². The lowest BCUT2D eigenvalue weighted by atomic mass is 10.1. The molecule has 96 valence electrons. The largest absolute Gasteiger partial charge is 0.392 e. The lowest BCUT2D eigenvalue weighted by Gasteiger charge is -2.11. The summed E-state index contributed by atoms with van der Waals surface area (Å²) in [6.45, 7) is 3.25. The second-order valence-electron chi connectivity index (χ2n) is 5.49. The number of aliphatic hydroxyl groups is 1. The molecule has 0 bridgehead atoms. The molecule has 2 aromatic rings. The molecule has 1 aromatic heterocycles. The van der Waals surface area contributed by atoms with E-state index in [1.165, 1.54) is 36.8 Å². The van der Waals surface area contributed by atoms with Crippen LogP contribution in [0.2, 0.25) is 0 Å². The summed E-state index contributed by atoms with van der Waals surface area (Å²) in [6, 6.07) is 4.11. The van der Waals surface area contributed by atoms with Crippen molar-refractivity contribution in [3.8, 4) is 0 Å². The average Bonchev–Trinajstić information content (AvgIpc) is 3.00. The van der Waals surface area contributed by atoms with E-state index < -0.39 is 0 Å². The van der Waals surface area contributed by atoms with E-state index in [9.17, 15) is 5.11 Å². The number of aryl methyl sites for hydroxylation is 1. The molecule has 3 rings (SSSR count). The Hall–Kier alpha value is -1.35. The van der Waals surface area contributed by atoms with E-state index in [4.69, 9.17) is 0 Å². The van der Waals surface area contributed by atoms with Crippen LogP contribution in [0, 0.1) is 12.8 Å². The number of fused-ring (bicyclic) bond motifs is 1. The topological polar surface area (TPSA) is 38.1 Å². The van der Waals surface area contributed by atoms with Crippen LogP contribution >= 0.6 is 0 Å². The van der Waals surface area contributed by atoms with Gasteiger partial charge < -0.3 is 5.11 Å². The van der Waals surface area contributed by atoms with E-state index in [0.717, 1.165) is 23.4 Å². The number of aromatic nitrogens is 2. The molecule has 1 aromatic carbocycles. The van der Waals surface area contributed by atoms with Crippen LogP contribution in [0.25, 0.3) is 10.9 Å². The standard InChI is InChI=1S/C15H20N2O/c1-11-6-13(10-18)7-14-8-16-17(15(11)14)9-12-4-2-3-5-12/h6-8,12,18H,2-5,9-10H2,1H3. The summed E-state index contributed by atoms with van der Waals surface area (Å²) in [5.74, 6) is 0.796. The summed E-state index contributed by atoms with van der Waals surface area (Å²) in [5, 5.41) is 14.9. The van der Waals surface area contributed by atoms with Crippen molar-refractivity contribution < 1.29 is 5.11 Å². The summed E-state index contributed by atoms with van der Waals surface area (Å²) in [6.07, 6.45) is 7.36.